The summed E-state index contributed by atoms with van der Waals surface area (Å²) in [7, 11) is 0. The summed E-state index contributed by atoms with van der Waals surface area (Å²) in [5, 5.41) is 6.78. The van der Waals surface area contributed by atoms with Crippen LogP contribution in [0.1, 0.15) is 0 Å². The molecule has 0 fully saturated rings. The molecule has 6 nitrogen and oxygen atoms in total. The van der Waals surface area contributed by atoms with Crippen LogP contribution in [0, 0.1) is 0 Å². The second kappa shape index (κ2) is 15.6. The maximum atomic E-state index is 5.58. The molecule has 6 heteroatoms. The van der Waals surface area contributed by atoms with E-state index in [0.29, 0.717) is 17.6 Å². The second-order valence-corrected chi connectivity index (χ2v) is 17.6. The van der Waals surface area contributed by atoms with E-state index < -0.39 is 0 Å². The van der Waals surface area contributed by atoms with Gasteiger partial charge in [-0.2, -0.15) is 9.97 Å². The number of aromatic nitrogens is 6. The van der Waals surface area contributed by atoms with E-state index in [1.165, 1.54) is 16.5 Å². The predicted octanol–water partition coefficient (Wildman–Crippen LogP) is 15.8. The summed E-state index contributed by atoms with van der Waals surface area (Å²) in [4.78, 5) is 16.4. The highest BCUT2D eigenvalue weighted by Gasteiger charge is 2.25. The van der Waals surface area contributed by atoms with Gasteiger partial charge in [-0.25, -0.2) is 4.98 Å². The molecule has 4 heterocycles. The lowest BCUT2D eigenvalue weighted by molar-refractivity contribution is 0.954. The van der Waals surface area contributed by atoms with Gasteiger partial charge in [0.1, 0.15) is 0 Å². The van der Waals surface area contributed by atoms with Gasteiger partial charge in [0, 0.05) is 54.8 Å². The number of hydrogen-bond acceptors (Lipinski definition) is 3. The normalized spacial score (nSPS) is 11.8. The van der Waals surface area contributed by atoms with Crippen molar-refractivity contribution in [3.63, 3.8) is 0 Å². The van der Waals surface area contributed by atoms with E-state index in [0.717, 1.165) is 93.7 Å². The largest absolute Gasteiger partial charge is 0.309 e. The maximum Gasteiger partial charge on any atom is 0.238 e. The number of rotatable bonds is 7. The van der Waals surface area contributed by atoms with Crippen molar-refractivity contribution in [2.24, 2.45) is 0 Å². The van der Waals surface area contributed by atoms with Crippen LogP contribution in [0.4, 0.5) is 0 Å². The van der Waals surface area contributed by atoms with E-state index in [2.05, 4.69) is 238 Å². The quantitative estimate of drug-likeness (QED) is 0.160. The molecule has 0 aliphatic carbocycles. The lowest BCUT2D eigenvalue weighted by Crippen LogP contribution is -2.07. The van der Waals surface area contributed by atoms with E-state index in [1.807, 2.05) is 18.2 Å². The monoisotopic (exact) mass is 880 g/mol. The Morgan fingerprint density at radius 3 is 1.42 bits per heavy atom. The van der Waals surface area contributed by atoms with Crippen LogP contribution >= 0.6 is 0 Å². The van der Waals surface area contributed by atoms with Crippen LogP contribution in [0.3, 0.4) is 0 Å². The van der Waals surface area contributed by atoms with E-state index in [1.54, 1.807) is 0 Å². The fourth-order valence-corrected chi connectivity index (χ4v) is 10.7. The number of para-hydroxylation sites is 4. The third-order valence-corrected chi connectivity index (χ3v) is 13.7. The van der Waals surface area contributed by atoms with Gasteiger partial charge in [-0.05, 0) is 76.9 Å². The van der Waals surface area contributed by atoms with Crippen molar-refractivity contribution in [3.05, 3.63) is 243 Å². The smallest absolute Gasteiger partial charge is 0.238 e. The van der Waals surface area contributed by atoms with Crippen LogP contribution in [0.2, 0.25) is 0 Å². The van der Waals surface area contributed by atoms with Gasteiger partial charge in [-0.1, -0.05) is 188 Å². The number of benzene rings is 10. The summed E-state index contributed by atoms with van der Waals surface area (Å²) >= 11 is 0. The van der Waals surface area contributed by atoms with Gasteiger partial charge in [0.05, 0.1) is 33.1 Å². The third kappa shape index (κ3) is 6.16. The molecule has 0 radical (unpaired) electrons. The zero-order valence-corrected chi connectivity index (χ0v) is 37.3. The van der Waals surface area contributed by atoms with Crippen LogP contribution in [0.5, 0.6) is 0 Å². The molecule has 0 saturated carbocycles. The third-order valence-electron chi connectivity index (χ3n) is 13.7. The van der Waals surface area contributed by atoms with Crippen molar-refractivity contribution in [1.29, 1.82) is 0 Å². The summed E-state index contributed by atoms with van der Waals surface area (Å²) in [6.45, 7) is 0. The first-order chi connectivity index (χ1) is 34.2. The Balaban J connectivity index is 1.06. The molecule has 0 spiro atoms. The Bertz CT molecular complexity index is 4300. The maximum absolute atomic E-state index is 5.58. The molecular weight excluding hydrogens is 841 g/mol. The molecule has 0 amide bonds. The van der Waals surface area contributed by atoms with Gasteiger partial charge >= 0.3 is 0 Å². The van der Waals surface area contributed by atoms with Gasteiger partial charge in [-0.15, -0.1) is 0 Å². The minimum Gasteiger partial charge on any atom is -0.309 e. The van der Waals surface area contributed by atoms with Crippen LogP contribution < -0.4 is 0 Å². The molecule has 0 aliphatic heterocycles. The van der Waals surface area contributed by atoms with Crippen LogP contribution in [-0.2, 0) is 0 Å². The topological polar surface area (TPSA) is 53.5 Å². The van der Waals surface area contributed by atoms with Crippen molar-refractivity contribution >= 4 is 65.4 Å². The van der Waals surface area contributed by atoms with Gasteiger partial charge < -0.3 is 9.13 Å². The molecule has 0 aliphatic rings. The Morgan fingerprint density at radius 2 is 0.725 bits per heavy atom. The molecule has 0 N–H and O–H groups in total. The number of fused-ring (bicyclic) bond motifs is 10. The minimum absolute atomic E-state index is 0.546. The molecule has 10 aromatic carbocycles. The van der Waals surface area contributed by atoms with Gasteiger partial charge in [0.2, 0.25) is 5.95 Å². The Morgan fingerprint density at radius 1 is 0.261 bits per heavy atom. The number of hydrogen-bond donors (Lipinski definition) is 0. The average molecular weight is 881 g/mol. The predicted molar refractivity (Wildman–Crippen MR) is 285 cm³/mol. The first-order valence-electron chi connectivity index (χ1n) is 23.4. The highest BCUT2D eigenvalue weighted by molar-refractivity contribution is 6.24. The first kappa shape index (κ1) is 38.8. The minimum atomic E-state index is 0.546. The molecule has 0 unspecified atom stereocenters. The van der Waals surface area contributed by atoms with Crippen molar-refractivity contribution in [3.8, 4) is 62.4 Å². The van der Waals surface area contributed by atoms with Gasteiger partial charge in [0.15, 0.2) is 11.6 Å². The Kier molecular flexibility index (Phi) is 8.79. The molecule has 0 saturated heterocycles. The average Bonchev–Trinajstić information content (AvgIpc) is 4.08. The SMILES string of the molecule is c1ccc(-c2cccc(-c3cccc(-n4c5ccccc5c5ccc6c7ccccc7n(-c7nc(-c8ccccc8)nc(-c8cccc9c8c8ccccc8n9-c8ccccc8)n7)c6c54)c3)c2)cc1. The Hall–Kier alpha value is -9.39. The first-order valence-corrected chi connectivity index (χ1v) is 23.4. The summed E-state index contributed by atoms with van der Waals surface area (Å²) in [5.74, 6) is 1.75. The van der Waals surface area contributed by atoms with Crippen molar-refractivity contribution in [2.45, 2.75) is 0 Å². The standard InChI is InChI=1S/C63H40N6/c1-4-19-41(20-5-1)43-23-16-24-44(39-43)45-25-17-28-47(40-45)68-54-33-13-10-29-48(54)50-37-38-51-49-30-11-14-34-55(49)69(60(51)59(50)68)63-65-61(42-21-6-2-7-22-42)64-62(66-63)53-32-18-36-57-58(53)52-31-12-15-35-56(52)67(57)46-26-8-3-9-27-46/h1-40H. The van der Waals surface area contributed by atoms with Crippen LogP contribution in [0.25, 0.3) is 128 Å². The molecule has 69 heavy (non-hydrogen) atoms. The molecule has 4 aromatic heterocycles. The molecule has 14 aromatic rings. The van der Waals surface area contributed by atoms with E-state index in [-0.39, 0.29) is 0 Å². The highest BCUT2D eigenvalue weighted by Crippen LogP contribution is 2.43. The summed E-state index contributed by atoms with van der Waals surface area (Å²) in [6, 6.07) is 86.2. The summed E-state index contributed by atoms with van der Waals surface area (Å²) in [6.07, 6.45) is 0. The lowest BCUT2D eigenvalue weighted by Gasteiger charge is -2.14. The molecule has 0 bridgehead atoms. The van der Waals surface area contributed by atoms with Crippen molar-refractivity contribution in [1.82, 2.24) is 28.7 Å². The molecular formula is C63H40N6. The Labute approximate surface area is 397 Å². The second-order valence-electron chi connectivity index (χ2n) is 17.6. The van der Waals surface area contributed by atoms with E-state index >= 15 is 0 Å². The highest BCUT2D eigenvalue weighted by atomic mass is 15.2. The van der Waals surface area contributed by atoms with E-state index in [9.17, 15) is 0 Å². The van der Waals surface area contributed by atoms with Crippen LogP contribution in [0.15, 0.2) is 243 Å². The number of nitrogens with zero attached hydrogens (tertiary/aromatic N) is 6. The fraction of sp³-hybridized carbons (Fsp3) is 0. The fourth-order valence-electron chi connectivity index (χ4n) is 10.7. The summed E-state index contributed by atoms with van der Waals surface area (Å²) < 4.78 is 7.05. The van der Waals surface area contributed by atoms with Crippen molar-refractivity contribution < 1.29 is 0 Å². The molecule has 0 atom stereocenters. The molecule has 14 rings (SSSR count). The van der Waals surface area contributed by atoms with E-state index in [4.69, 9.17) is 15.0 Å². The summed E-state index contributed by atoms with van der Waals surface area (Å²) in [5.41, 5.74) is 15.1. The molecule has 322 valence electrons. The zero-order valence-electron chi connectivity index (χ0n) is 37.3. The van der Waals surface area contributed by atoms with Crippen LogP contribution in [-0.4, -0.2) is 28.7 Å². The lowest BCUT2D eigenvalue weighted by atomic mass is 9.99. The van der Waals surface area contributed by atoms with Gasteiger partial charge in [0.25, 0.3) is 0 Å². The van der Waals surface area contributed by atoms with Gasteiger partial charge in [-0.3, -0.25) is 4.57 Å². The zero-order chi connectivity index (χ0) is 45.4. The van der Waals surface area contributed by atoms with Crippen molar-refractivity contribution in [2.75, 3.05) is 0 Å².